The molecule has 2 heterocycles. The maximum absolute atomic E-state index is 12.9. The van der Waals surface area contributed by atoms with Gasteiger partial charge in [-0.3, -0.25) is 24.2 Å². The maximum atomic E-state index is 12.9. The molecule has 12 nitrogen and oxygen atoms in total. The van der Waals surface area contributed by atoms with Gasteiger partial charge in [-0.05, 0) is 19.3 Å². The lowest BCUT2D eigenvalue weighted by atomic mass is 10.0. The molecule has 0 bridgehead atoms. The summed E-state index contributed by atoms with van der Waals surface area (Å²) in [5.41, 5.74) is 0. The summed E-state index contributed by atoms with van der Waals surface area (Å²) in [4.78, 5) is 71.3. The van der Waals surface area contributed by atoms with Gasteiger partial charge in [0.1, 0.15) is 18.4 Å². The first kappa shape index (κ1) is 21.1. The minimum atomic E-state index is -1.27. The van der Waals surface area contributed by atoms with E-state index >= 15 is 0 Å². The molecule has 0 aromatic heterocycles. The van der Waals surface area contributed by atoms with Gasteiger partial charge in [-0.15, -0.1) is 0 Å². The van der Waals surface area contributed by atoms with Gasteiger partial charge >= 0.3 is 12.1 Å². The van der Waals surface area contributed by atoms with E-state index in [9.17, 15) is 28.8 Å². The normalized spacial score (nSPS) is 23.2. The molecule has 0 saturated carbocycles. The fourth-order valence-electron chi connectivity index (χ4n) is 3.21. The lowest BCUT2D eigenvalue weighted by molar-refractivity contribution is -0.176. The zero-order valence-electron chi connectivity index (χ0n) is 15.3. The highest BCUT2D eigenvalue weighted by atomic mass is 16.5. The van der Waals surface area contributed by atoms with Crippen LogP contribution in [0.5, 0.6) is 0 Å². The number of hydrazine groups is 1. The molecule has 0 aliphatic carbocycles. The van der Waals surface area contributed by atoms with Gasteiger partial charge in [0.05, 0.1) is 19.6 Å². The van der Waals surface area contributed by atoms with Crippen LogP contribution in [0.25, 0.3) is 0 Å². The van der Waals surface area contributed by atoms with Crippen LogP contribution in [-0.2, 0) is 28.7 Å². The van der Waals surface area contributed by atoms with E-state index in [2.05, 4.69) is 15.4 Å². The second kappa shape index (κ2) is 9.15. The maximum Gasteiger partial charge on any atom is 0.407 e. The van der Waals surface area contributed by atoms with E-state index in [0.717, 1.165) is 12.1 Å². The van der Waals surface area contributed by atoms with E-state index in [1.54, 1.807) is 0 Å². The highest BCUT2D eigenvalue weighted by Gasteiger charge is 2.44. The minimum absolute atomic E-state index is 0.0127. The van der Waals surface area contributed by atoms with Crippen LogP contribution >= 0.6 is 0 Å². The fraction of sp³-hybridized carbons (Fsp3) is 0.625. The van der Waals surface area contributed by atoms with Crippen LogP contribution in [0.3, 0.4) is 0 Å². The molecule has 0 radical (unpaired) electrons. The number of aldehydes is 1. The van der Waals surface area contributed by atoms with Crippen molar-refractivity contribution >= 4 is 36.1 Å². The highest BCUT2D eigenvalue weighted by molar-refractivity contribution is 5.95. The van der Waals surface area contributed by atoms with Gasteiger partial charge in [0.15, 0.2) is 0 Å². The van der Waals surface area contributed by atoms with Crippen LogP contribution in [0.15, 0.2) is 0 Å². The average Bonchev–Trinajstić information content (AvgIpc) is 2.78. The number of fused-ring (bicyclic) bond motifs is 1. The van der Waals surface area contributed by atoms with Gasteiger partial charge in [-0.25, -0.2) is 9.80 Å². The number of hydrogen-bond acceptors (Lipinski definition) is 7. The molecule has 2 fully saturated rings. The Hall–Kier alpha value is -3.18. The van der Waals surface area contributed by atoms with E-state index in [1.165, 1.54) is 5.01 Å². The van der Waals surface area contributed by atoms with Crippen molar-refractivity contribution in [3.63, 3.8) is 0 Å². The number of carbonyl (C=O) groups is 6. The molecule has 2 rings (SSSR count). The summed E-state index contributed by atoms with van der Waals surface area (Å²) >= 11 is 0. The van der Waals surface area contributed by atoms with Crippen molar-refractivity contribution in [1.29, 1.82) is 0 Å². The summed E-state index contributed by atoms with van der Waals surface area (Å²) in [6, 6.07) is -3.43. The Kier molecular flexibility index (Phi) is 6.90. The van der Waals surface area contributed by atoms with Gasteiger partial charge in [-0.1, -0.05) is 0 Å². The summed E-state index contributed by atoms with van der Waals surface area (Å²) in [7, 11) is 1.13. The van der Waals surface area contributed by atoms with Crippen LogP contribution in [0.1, 0.15) is 32.1 Å². The first-order valence-electron chi connectivity index (χ1n) is 8.73. The molecule has 154 valence electrons. The molecule has 3 atom stereocenters. The summed E-state index contributed by atoms with van der Waals surface area (Å²) in [6.07, 6.45) is -0.474. The van der Waals surface area contributed by atoms with E-state index < -0.39 is 48.4 Å². The Balaban J connectivity index is 2.24. The third-order valence-electron chi connectivity index (χ3n) is 4.53. The van der Waals surface area contributed by atoms with Crippen molar-refractivity contribution < 1.29 is 38.6 Å². The number of amides is 4. The molecule has 2 aliphatic heterocycles. The number of carboxylic acids is 1. The SMILES string of the molecule is COC(=O)NC1CCC(=O)N2CCCC(C(=O)NC(C=O)CC(=O)O)N2C1=O. The van der Waals surface area contributed by atoms with Gasteiger partial charge in [0.25, 0.3) is 5.91 Å². The Labute approximate surface area is 160 Å². The lowest BCUT2D eigenvalue weighted by Crippen LogP contribution is -2.64. The lowest BCUT2D eigenvalue weighted by Gasteiger charge is -2.43. The van der Waals surface area contributed by atoms with E-state index in [1.807, 2.05) is 0 Å². The minimum Gasteiger partial charge on any atom is -0.481 e. The average molecular weight is 398 g/mol. The second-order valence-corrected chi connectivity index (χ2v) is 6.43. The number of ether oxygens (including phenoxy) is 1. The second-order valence-electron chi connectivity index (χ2n) is 6.43. The van der Waals surface area contributed by atoms with E-state index in [4.69, 9.17) is 5.11 Å². The Morgan fingerprint density at radius 2 is 2.04 bits per heavy atom. The smallest absolute Gasteiger partial charge is 0.407 e. The molecule has 0 spiro atoms. The molecule has 28 heavy (non-hydrogen) atoms. The number of nitrogens with zero attached hydrogens (tertiary/aromatic N) is 2. The van der Waals surface area contributed by atoms with Gasteiger partial charge in [0, 0.05) is 13.0 Å². The summed E-state index contributed by atoms with van der Waals surface area (Å²) in [5, 5.41) is 15.6. The highest BCUT2D eigenvalue weighted by Crippen LogP contribution is 2.25. The van der Waals surface area contributed by atoms with Gasteiger partial charge < -0.3 is 25.3 Å². The number of alkyl carbamates (subject to hydrolysis) is 1. The number of carboxylic acid groups (broad SMARTS) is 1. The fourth-order valence-corrected chi connectivity index (χ4v) is 3.21. The Morgan fingerprint density at radius 3 is 2.64 bits per heavy atom. The number of rotatable bonds is 6. The molecule has 2 aliphatic rings. The van der Waals surface area contributed by atoms with Crippen molar-refractivity contribution in [3.8, 4) is 0 Å². The number of nitrogens with one attached hydrogen (secondary N) is 2. The summed E-state index contributed by atoms with van der Waals surface area (Å²) in [5.74, 6) is -3.05. The van der Waals surface area contributed by atoms with Crippen molar-refractivity contribution in [2.24, 2.45) is 0 Å². The summed E-state index contributed by atoms with van der Waals surface area (Å²) in [6.45, 7) is 0.228. The quantitative estimate of drug-likeness (QED) is 0.450. The van der Waals surface area contributed by atoms with E-state index in [-0.39, 0.29) is 31.7 Å². The van der Waals surface area contributed by atoms with Crippen LogP contribution < -0.4 is 10.6 Å². The van der Waals surface area contributed by atoms with Crippen LogP contribution in [-0.4, -0.2) is 83.0 Å². The molecule has 3 N–H and O–H groups in total. The molecule has 4 amide bonds. The van der Waals surface area contributed by atoms with E-state index in [0.29, 0.717) is 12.7 Å². The standard InChI is InChI=1S/C16H22N4O8/c1-28-16(27)18-10-4-5-12(22)19-6-2-3-11(20(19)15(10)26)14(25)17-9(8-21)7-13(23)24/h8-11H,2-7H2,1H3,(H,17,25)(H,18,27)(H,23,24). The number of aliphatic carboxylic acids is 1. The van der Waals surface area contributed by atoms with Crippen molar-refractivity contribution in [2.75, 3.05) is 13.7 Å². The Morgan fingerprint density at radius 1 is 1.32 bits per heavy atom. The molecular formula is C16H22N4O8. The van der Waals surface area contributed by atoms with Gasteiger partial charge in [-0.2, -0.15) is 0 Å². The third-order valence-corrected chi connectivity index (χ3v) is 4.53. The predicted octanol–water partition coefficient (Wildman–Crippen LogP) is -1.60. The first-order valence-corrected chi connectivity index (χ1v) is 8.73. The van der Waals surface area contributed by atoms with Crippen molar-refractivity contribution in [3.05, 3.63) is 0 Å². The predicted molar refractivity (Wildman–Crippen MR) is 90.4 cm³/mol. The summed E-state index contributed by atoms with van der Waals surface area (Å²) < 4.78 is 4.49. The first-order chi connectivity index (χ1) is 13.3. The van der Waals surface area contributed by atoms with Crippen molar-refractivity contribution in [2.45, 2.75) is 50.2 Å². The number of hydrogen-bond donors (Lipinski definition) is 3. The van der Waals surface area contributed by atoms with Crippen LogP contribution in [0.2, 0.25) is 0 Å². The van der Waals surface area contributed by atoms with Crippen LogP contribution in [0.4, 0.5) is 4.79 Å². The zero-order valence-corrected chi connectivity index (χ0v) is 15.3. The number of carbonyl (C=O) groups excluding carboxylic acids is 5. The zero-order chi connectivity index (χ0) is 20.8. The topological polar surface area (TPSA) is 162 Å². The molecule has 12 heteroatoms. The molecule has 0 aromatic rings. The Bertz CT molecular complexity index is 682. The molecule has 0 aromatic carbocycles. The van der Waals surface area contributed by atoms with Crippen LogP contribution in [0, 0.1) is 0 Å². The number of methoxy groups -OCH3 is 1. The van der Waals surface area contributed by atoms with Gasteiger partial charge in [0.2, 0.25) is 11.8 Å². The largest absolute Gasteiger partial charge is 0.481 e. The molecule has 3 unspecified atom stereocenters. The third kappa shape index (κ3) is 4.75. The molecular weight excluding hydrogens is 376 g/mol. The monoisotopic (exact) mass is 398 g/mol. The molecule has 2 saturated heterocycles. The van der Waals surface area contributed by atoms with Crippen molar-refractivity contribution in [1.82, 2.24) is 20.7 Å².